The molecule has 0 aliphatic carbocycles. The van der Waals surface area contributed by atoms with Crippen molar-refractivity contribution in [3.05, 3.63) is 69.8 Å². The van der Waals surface area contributed by atoms with Gasteiger partial charge in [-0.2, -0.15) is 0 Å². The Labute approximate surface area is 206 Å². The van der Waals surface area contributed by atoms with Crippen molar-refractivity contribution in [1.29, 1.82) is 0 Å². The van der Waals surface area contributed by atoms with E-state index in [0.29, 0.717) is 24.8 Å². The van der Waals surface area contributed by atoms with E-state index in [0.717, 1.165) is 24.1 Å². The summed E-state index contributed by atoms with van der Waals surface area (Å²) in [4.78, 5) is 29.0. The molecule has 1 unspecified atom stereocenters. The SMILES string of the molecule is CCOc1ccc(C([O-])=C2C(=O)C(=O)N(CCC[NH+](C)C)C2c2ccc(C(C)C)cc2)cc1Cl. The smallest absolute Gasteiger partial charge is 0.295 e. The number of quaternary nitrogens is 1. The van der Waals surface area contributed by atoms with Crippen LogP contribution >= 0.6 is 11.6 Å². The number of ketones is 1. The third-order valence-corrected chi connectivity index (χ3v) is 6.31. The van der Waals surface area contributed by atoms with Crippen LogP contribution in [0.4, 0.5) is 0 Å². The Hall–Kier alpha value is -2.83. The van der Waals surface area contributed by atoms with Crippen molar-refractivity contribution in [3.63, 3.8) is 0 Å². The minimum atomic E-state index is -0.745. The van der Waals surface area contributed by atoms with Crippen LogP contribution in [0.3, 0.4) is 0 Å². The third-order valence-electron chi connectivity index (χ3n) is 6.02. The fraction of sp³-hybridized carbons (Fsp3) is 0.407. The number of ether oxygens (including phenoxy) is 1. The van der Waals surface area contributed by atoms with Gasteiger partial charge in [-0.3, -0.25) is 9.59 Å². The Morgan fingerprint density at radius 3 is 2.38 bits per heavy atom. The van der Waals surface area contributed by atoms with Gasteiger partial charge in [0, 0.05) is 18.5 Å². The molecule has 7 heteroatoms. The Bertz CT molecular complexity index is 1080. The van der Waals surface area contributed by atoms with E-state index >= 15 is 0 Å². The highest BCUT2D eigenvalue weighted by Crippen LogP contribution is 2.40. The van der Waals surface area contributed by atoms with E-state index in [1.807, 2.05) is 45.3 Å². The van der Waals surface area contributed by atoms with Crippen molar-refractivity contribution in [1.82, 2.24) is 4.90 Å². The predicted octanol–water partition coefficient (Wildman–Crippen LogP) is 2.62. The summed E-state index contributed by atoms with van der Waals surface area (Å²) in [6.45, 7) is 7.72. The molecule has 1 heterocycles. The fourth-order valence-corrected chi connectivity index (χ4v) is 4.42. The van der Waals surface area contributed by atoms with Crippen molar-refractivity contribution in [2.45, 2.75) is 39.2 Å². The summed E-state index contributed by atoms with van der Waals surface area (Å²) in [5.74, 6) is -1.05. The highest BCUT2D eigenvalue weighted by atomic mass is 35.5. The summed E-state index contributed by atoms with van der Waals surface area (Å²) in [5.41, 5.74) is 2.13. The van der Waals surface area contributed by atoms with Gasteiger partial charge in [0.2, 0.25) is 5.78 Å². The van der Waals surface area contributed by atoms with Crippen LogP contribution in [0.1, 0.15) is 55.8 Å². The molecule has 3 rings (SSSR count). The second kappa shape index (κ2) is 11.1. The van der Waals surface area contributed by atoms with Crippen LogP contribution < -0.4 is 14.7 Å². The molecular weight excluding hydrogens is 452 g/mol. The van der Waals surface area contributed by atoms with Crippen molar-refractivity contribution in [3.8, 4) is 5.75 Å². The number of amides is 1. The second-order valence-corrected chi connectivity index (χ2v) is 9.59. The van der Waals surface area contributed by atoms with Crippen molar-refractivity contribution in [2.24, 2.45) is 0 Å². The van der Waals surface area contributed by atoms with E-state index in [2.05, 4.69) is 13.8 Å². The van der Waals surface area contributed by atoms with Crippen LogP contribution in [0, 0.1) is 0 Å². The zero-order valence-corrected chi connectivity index (χ0v) is 21.2. The van der Waals surface area contributed by atoms with Crippen LogP contribution in [0.5, 0.6) is 5.75 Å². The third kappa shape index (κ3) is 5.45. The van der Waals surface area contributed by atoms with Gasteiger partial charge in [-0.25, -0.2) is 0 Å². The average molecular weight is 485 g/mol. The molecule has 1 atom stereocenters. The van der Waals surface area contributed by atoms with Crippen molar-refractivity contribution >= 4 is 29.1 Å². The number of hydrogen-bond acceptors (Lipinski definition) is 4. The Morgan fingerprint density at radius 1 is 1.15 bits per heavy atom. The Kier molecular flexibility index (Phi) is 8.39. The first-order valence-corrected chi connectivity index (χ1v) is 12.1. The molecule has 1 amide bonds. The van der Waals surface area contributed by atoms with Crippen LogP contribution in [0.2, 0.25) is 5.02 Å². The molecule has 2 aromatic carbocycles. The van der Waals surface area contributed by atoms with Gasteiger partial charge in [0.1, 0.15) is 5.75 Å². The van der Waals surface area contributed by atoms with E-state index in [-0.39, 0.29) is 16.2 Å². The van der Waals surface area contributed by atoms with Crippen LogP contribution in [-0.4, -0.2) is 50.4 Å². The number of hydrogen-bond donors (Lipinski definition) is 1. The monoisotopic (exact) mass is 484 g/mol. The molecule has 1 aliphatic heterocycles. The molecule has 0 aromatic heterocycles. The predicted molar refractivity (Wildman–Crippen MR) is 132 cm³/mol. The van der Waals surface area contributed by atoms with Crippen LogP contribution in [0.15, 0.2) is 48.0 Å². The van der Waals surface area contributed by atoms with Gasteiger partial charge in [-0.05, 0) is 41.7 Å². The number of nitrogens with zero attached hydrogens (tertiary/aromatic N) is 1. The number of nitrogens with one attached hydrogen (secondary N) is 1. The molecular formula is C27H33ClN2O4. The molecule has 0 radical (unpaired) electrons. The lowest BCUT2D eigenvalue weighted by atomic mass is 9.93. The van der Waals surface area contributed by atoms with Crippen LogP contribution in [-0.2, 0) is 9.59 Å². The number of benzene rings is 2. The second-order valence-electron chi connectivity index (χ2n) is 9.18. The Balaban J connectivity index is 2.09. The molecule has 0 bridgehead atoms. The summed E-state index contributed by atoms with van der Waals surface area (Å²) in [6, 6.07) is 11.8. The summed E-state index contributed by atoms with van der Waals surface area (Å²) in [5, 5.41) is 13.9. The molecule has 2 aromatic rings. The summed E-state index contributed by atoms with van der Waals surface area (Å²) < 4.78 is 5.46. The molecule has 1 aliphatic rings. The first-order valence-electron chi connectivity index (χ1n) is 11.7. The number of carbonyl (C=O) groups excluding carboxylic acids is 2. The van der Waals surface area contributed by atoms with E-state index in [4.69, 9.17) is 16.3 Å². The topological polar surface area (TPSA) is 74.1 Å². The molecule has 1 fully saturated rings. The first-order chi connectivity index (χ1) is 16.1. The average Bonchev–Trinajstić information content (AvgIpc) is 3.05. The Morgan fingerprint density at radius 2 is 1.82 bits per heavy atom. The molecule has 1 N–H and O–H groups in total. The van der Waals surface area contributed by atoms with Gasteiger partial charge in [0.05, 0.1) is 38.3 Å². The summed E-state index contributed by atoms with van der Waals surface area (Å²) in [7, 11) is 4.08. The molecule has 34 heavy (non-hydrogen) atoms. The van der Waals surface area contributed by atoms with E-state index < -0.39 is 23.5 Å². The van der Waals surface area contributed by atoms with E-state index in [9.17, 15) is 14.7 Å². The maximum Gasteiger partial charge on any atom is 0.295 e. The molecule has 0 saturated carbocycles. The lowest BCUT2D eigenvalue weighted by Gasteiger charge is -2.28. The molecule has 6 nitrogen and oxygen atoms in total. The highest BCUT2D eigenvalue weighted by Gasteiger charge is 2.44. The zero-order valence-electron chi connectivity index (χ0n) is 20.5. The zero-order chi connectivity index (χ0) is 25.0. The standard InChI is InChI=1S/C27H33ClN2O4/c1-6-34-22-13-12-20(16-21(22)28)25(31)23-24(19-10-8-18(9-11-19)17(2)3)30(27(33)26(23)32)15-7-14-29(4)5/h8-13,16-17,24,31H,6-7,14-15H2,1-5H3. The molecule has 182 valence electrons. The lowest BCUT2D eigenvalue weighted by molar-refractivity contribution is -0.858. The lowest BCUT2D eigenvalue weighted by Crippen LogP contribution is -3.05. The maximum atomic E-state index is 13.6. The molecule has 1 saturated heterocycles. The summed E-state index contributed by atoms with van der Waals surface area (Å²) >= 11 is 6.30. The van der Waals surface area contributed by atoms with Gasteiger partial charge < -0.3 is 19.6 Å². The van der Waals surface area contributed by atoms with Crippen molar-refractivity contribution < 1.29 is 24.3 Å². The number of likely N-dealkylation sites (tertiary alicyclic amines) is 1. The van der Waals surface area contributed by atoms with Gasteiger partial charge in [-0.1, -0.05) is 61.5 Å². The number of Topliss-reactive ketones (excluding diaryl/α,β-unsaturated/α-hetero) is 1. The van der Waals surface area contributed by atoms with Gasteiger partial charge >= 0.3 is 0 Å². The number of carbonyl (C=O) groups is 2. The van der Waals surface area contributed by atoms with Gasteiger partial charge in [-0.15, -0.1) is 0 Å². The van der Waals surface area contributed by atoms with Crippen molar-refractivity contribution in [2.75, 3.05) is 33.8 Å². The summed E-state index contributed by atoms with van der Waals surface area (Å²) in [6.07, 6.45) is 0.721. The largest absolute Gasteiger partial charge is 0.872 e. The normalized spacial score (nSPS) is 17.8. The van der Waals surface area contributed by atoms with E-state index in [1.54, 1.807) is 17.0 Å². The number of rotatable bonds is 9. The number of halogens is 1. The maximum absolute atomic E-state index is 13.6. The van der Waals surface area contributed by atoms with Crippen LogP contribution in [0.25, 0.3) is 5.76 Å². The van der Waals surface area contributed by atoms with Gasteiger partial charge in [0.25, 0.3) is 5.91 Å². The quantitative estimate of drug-likeness (QED) is 0.337. The first kappa shape index (κ1) is 25.8. The van der Waals surface area contributed by atoms with E-state index in [1.165, 1.54) is 11.0 Å². The minimum Gasteiger partial charge on any atom is -0.872 e. The minimum absolute atomic E-state index is 0.0280. The fourth-order valence-electron chi connectivity index (χ4n) is 4.18. The molecule has 0 spiro atoms. The highest BCUT2D eigenvalue weighted by molar-refractivity contribution is 6.46. The van der Waals surface area contributed by atoms with Gasteiger partial charge in [0.15, 0.2) is 0 Å².